The van der Waals surface area contributed by atoms with Crippen molar-refractivity contribution in [3.63, 3.8) is 0 Å². The van der Waals surface area contributed by atoms with Gasteiger partial charge in [-0.05, 0) is 61.2 Å². The zero-order chi connectivity index (χ0) is 17.2. The molecule has 2 aromatic rings. The molecule has 0 saturated heterocycles. The van der Waals surface area contributed by atoms with Crippen LogP contribution in [0.1, 0.15) is 34.0 Å². The number of carboxylic acid groups (broad SMARTS) is 1. The maximum Gasteiger partial charge on any atom is 0.335 e. The summed E-state index contributed by atoms with van der Waals surface area (Å²) in [5.41, 5.74) is 2.58. The Hall–Kier alpha value is -2.34. The first kappa shape index (κ1) is 17.0. The highest BCUT2D eigenvalue weighted by atomic mass is 32.2. The molecule has 0 bridgehead atoms. The van der Waals surface area contributed by atoms with Gasteiger partial charge in [0, 0.05) is 5.69 Å². The zero-order valence-corrected chi connectivity index (χ0v) is 14.1. The molecular weight excluding hydrogens is 314 g/mol. The highest BCUT2D eigenvalue weighted by Gasteiger charge is 2.21. The maximum atomic E-state index is 12.6. The highest BCUT2D eigenvalue weighted by molar-refractivity contribution is 7.92. The van der Waals surface area contributed by atoms with Crippen molar-refractivity contribution in [3.05, 3.63) is 58.7 Å². The molecule has 23 heavy (non-hydrogen) atoms. The molecule has 0 radical (unpaired) electrons. The predicted molar refractivity (Wildman–Crippen MR) is 89.5 cm³/mol. The molecule has 0 aliphatic carbocycles. The van der Waals surface area contributed by atoms with Crippen molar-refractivity contribution in [2.45, 2.75) is 32.1 Å². The number of hydrogen-bond donors (Lipinski definition) is 2. The summed E-state index contributed by atoms with van der Waals surface area (Å²) in [6.45, 7) is 5.34. The Bertz CT molecular complexity index is 857. The predicted octanol–water partition coefficient (Wildman–Crippen LogP) is 3.36. The van der Waals surface area contributed by atoms with Gasteiger partial charge < -0.3 is 5.11 Å². The summed E-state index contributed by atoms with van der Waals surface area (Å²) < 4.78 is 27.8. The molecule has 0 heterocycles. The molecule has 0 amide bonds. The van der Waals surface area contributed by atoms with E-state index in [-0.39, 0.29) is 10.5 Å². The van der Waals surface area contributed by atoms with Gasteiger partial charge in [-0.3, -0.25) is 4.72 Å². The molecule has 0 aliphatic heterocycles. The number of nitrogens with one attached hydrogen (secondary N) is 1. The van der Waals surface area contributed by atoms with Crippen LogP contribution < -0.4 is 4.72 Å². The molecule has 0 atom stereocenters. The summed E-state index contributed by atoms with van der Waals surface area (Å²) in [6, 6.07) is 9.78. The van der Waals surface area contributed by atoms with E-state index in [9.17, 15) is 13.2 Å². The largest absolute Gasteiger partial charge is 0.478 e. The number of aromatic carboxylic acids is 1. The summed E-state index contributed by atoms with van der Waals surface area (Å²) in [5, 5.41) is 9.13. The van der Waals surface area contributed by atoms with Gasteiger partial charge in [0.1, 0.15) is 0 Å². The molecule has 5 nitrogen and oxygen atoms in total. The van der Waals surface area contributed by atoms with Crippen LogP contribution in [0.3, 0.4) is 0 Å². The Kier molecular flexibility index (Phi) is 4.75. The minimum absolute atomic E-state index is 0.0169. The molecule has 0 saturated carbocycles. The van der Waals surface area contributed by atoms with Crippen LogP contribution >= 0.6 is 0 Å². The first-order valence-electron chi connectivity index (χ1n) is 7.21. The zero-order valence-electron chi connectivity index (χ0n) is 13.3. The van der Waals surface area contributed by atoms with Crippen LogP contribution in [0, 0.1) is 13.8 Å². The van der Waals surface area contributed by atoms with Gasteiger partial charge in [0.05, 0.1) is 10.5 Å². The molecular formula is C17H19NO4S. The van der Waals surface area contributed by atoms with Crippen molar-refractivity contribution in [1.82, 2.24) is 0 Å². The fraction of sp³-hybridized carbons (Fsp3) is 0.235. The second-order valence-electron chi connectivity index (χ2n) is 5.38. The van der Waals surface area contributed by atoms with E-state index in [0.717, 1.165) is 12.0 Å². The van der Waals surface area contributed by atoms with Gasteiger partial charge in [0.15, 0.2) is 0 Å². The normalized spacial score (nSPS) is 11.3. The first-order chi connectivity index (χ1) is 10.7. The first-order valence-corrected chi connectivity index (χ1v) is 8.69. The van der Waals surface area contributed by atoms with Gasteiger partial charge in [-0.2, -0.15) is 0 Å². The lowest BCUT2D eigenvalue weighted by atomic mass is 10.1. The Balaban J connectivity index is 2.49. The van der Waals surface area contributed by atoms with Crippen molar-refractivity contribution in [1.29, 1.82) is 0 Å². The molecule has 0 unspecified atom stereocenters. The van der Waals surface area contributed by atoms with Crippen molar-refractivity contribution < 1.29 is 18.3 Å². The summed E-state index contributed by atoms with van der Waals surface area (Å²) in [5.74, 6) is -1.16. The quantitative estimate of drug-likeness (QED) is 0.879. The minimum atomic E-state index is -3.86. The number of anilines is 1. The lowest BCUT2D eigenvalue weighted by molar-refractivity contribution is 0.0696. The second kappa shape index (κ2) is 6.42. The number of rotatable bonds is 5. The molecule has 2 rings (SSSR count). The van der Waals surface area contributed by atoms with E-state index in [0.29, 0.717) is 16.8 Å². The number of benzene rings is 2. The number of carbonyl (C=O) groups is 1. The third kappa shape index (κ3) is 3.71. The molecule has 122 valence electrons. The second-order valence-corrected chi connectivity index (χ2v) is 7.03. The Morgan fingerprint density at radius 3 is 2.48 bits per heavy atom. The van der Waals surface area contributed by atoms with Crippen LogP contribution in [0.25, 0.3) is 0 Å². The third-order valence-electron chi connectivity index (χ3n) is 3.74. The maximum absolute atomic E-state index is 12.6. The summed E-state index contributed by atoms with van der Waals surface area (Å²) in [4.78, 5) is 11.2. The van der Waals surface area contributed by atoms with E-state index in [1.54, 1.807) is 32.0 Å². The fourth-order valence-corrected chi connectivity index (χ4v) is 3.69. The SMILES string of the molecule is CCc1cccc(NS(=O)(=O)c2cc(C(=O)O)cc(C)c2C)c1. The van der Waals surface area contributed by atoms with Crippen molar-refractivity contribution in [2.24, 2.45) is 0 Å². The van der Waals surface area contributed by atoms with E-state index in [2.05, 4.69) is 4.72 Å². The summed E-state index contributed by atoms with van der Waals surface area (Å²) >= 11 is 0. The standard InChI is InChI=1S/C17H19NO4S/c1-4-13-6-5-7-15(9-13)18-23(21,22)16-10-14(17(19)20)8-11(2)12(16)3/h5-10,18H,4H2,1-3H3,(H,19,20). The van der Waals surface area contributed by atoms with Crippen LogP contribution in [0.2, 0.25) is 0 Å². The fourth-order valence-electron chi connectivity index (χ4n) is 2.29. The van der Waals surface area contributed by atoms with Crippen molar-refractivity contribution in [2.75, 3.05) is 4.72 Å². The van der Waals surface area contributed by atoms with E-state index < -0.39 is 16.0 Å². The minimum Gasteiger partial charge on any atom is -0.478 e. The smallest absolute Gasteiger partial charge is 0.335 e. The van der Waals surface area contributed by atoms with E-state index in [1.807, 2.05) is 13.0 Å². The van der Waals surface area contributed by atoms with Gasteiger partial charge in [-0.1, -0.05) is 19.1 Å². The van der Waals surface area contributed by atoms with Crippen LogP contribution in [0.4, 0.5) is 5.69 Å². The van der Waals surface area contributed by atoms with Crippen molar-refractivity contribution >= 4 is 21.7 Å². The van der Waals surface area contributed by atoms with Gasteiger partial charge in [0.25, 0.3) is 10.0 Å². The Morgan fingerprint density at radius 1 is 1.17 bits per heavy atom. The summed E-state index contributed by atoms with van der Waals surface area (Å²) in [7, 11) is -3.86. The van der Waals surface area contributed by atoms with E-state index >= 15 is 0 Å². The van der Waals surface area contributed by atoms with Crippen LogP contribution in [-0.4, -0.2) is 19.5 Å². The summed E-state index contributed by atoms with van der Waals surface area (Å²) in [6.07, 6.45) is 0.794. The van der Waals surface area contributed by atoms with E-state index in [4.69, 9.17) is 5.11 Å². The number of hydrogen-bond acceptors (Lipinski definition) is 3. The van der Waals surface area contributed by atoms with Crippen LogP contribution in [-0.2, 0) is 16.4 Å². The molecule has 0 spiro atoms. The monoisotopic (exact) mass is 333 g/mol. The number of carboxylic acids is 1. The van der Waals surface area contributed by atoms with Crippen molar-refractivity contribution in [3.8, 4) is 0 Å². The molecule has 0 aromatic heterocycles. The van der Waals surface area contributed by atoms with Gasteiger partial charge in [-0.25, -0.2) is 13.2 Å². The van der Waals surface area contributed by atoms with Gasteiger partial charge in [-0.15, -0.1) is 0 Å². The Morgan fingerprint density at radius 2 is 1.87 bits per heavy atom. The van der Waals surface area contributed by atoms with Gasteiger partial charge >= 0.3 is 5.97 Å². The lowest BCUT2D eigenvalue weighted by Gasteiger charge is -2.13. The number of sulfonamides is 1. The Labute approximate surface area is 136 Å². The van der Waals surface area contributed by atoms with Crippen LogP contribution in [0.5, 0.6) is 0 Å². The molecule has 2 aromatic carbocycles. The molecule has 2 N–H and O–H groups in total. The topological polar surface area (TPSA) is 83.5 Å². The molecule has 6 heteroatoms. The highest BCUT2D eigenvalue weighted by Crippen LogP contribution is 2.24. The molecule has 0 aliphatic rings. The lowest BCUT2D eigenvalue weighted by Crippen LogP contribution is -2.16. The number of aryl methyl sites for hydroxylation is 2. The van der Waals surface area contributed by atoms with E-state index in [1.165, 1.54) is 12.1 Å². The average molecular weight is 333 g/mol. The van der Waals surface area contributed by atoms with Gasteiger partial charge in [0.2, 0.25) is 0 Å². The third-order valence-corrected chi connectivity index (χ3v) is 5.25. The van der Waals surface area contributed by atoms with Crippen LogP contribution in [0.15, 0.2) is 41.3 Å². The molecule has 0 fully saturated rings. The average Bonchev–Trinajstić information content (AvgIpc) is 2.49.